The molecule has 0 saturated heterocycles. The van der Waals surface area contributed by atoms with Gasteiger partial charge in [-0.2, -0.15) is 0 Å². The summed E-state index contributed by atoms with van der Waals surface area (Å²) in [5.41, 5.74) is 1.26. The van der Waals surface area contributed by atoms with Crippen molar-refractivity contribution in [1.82, 2.24) is 4.90 Å². The van der Waals surface area contributed by atoms with Crippen LogP contribution >= 0.6 is 0 Å². The Morgan fingerprint density at radius 3 is 2.69 bits per heavy atom. The average molecular weight is 219 g/mol. The topological polar surface area (TPSA) is 12.5 Å². The zero-order valence-corrected chi connectivity index (χ0v) is 10.2. The summed E-state index contributed by atoms with van der Waals surface area (Å²) in [7, 11) is 3.88. The monoisotopic (exact) mass is 219 g/mol. The van der Waals surface area contributed by atoms with E-state index in [9.17, 15) is 0 Å². The predicted octanol–water partition coefficient (Wildman–Crippen LogP) is 2.67. The molecule has 0 atom stereocenters. The molecule has 2 heteroatoms. The zero-order valence-electron chi connectivity index (χ0n) is 10.2. The number of benzene rings is 1. The third kappa shape index (κ3) is 5.69. The van der Waals surface area contributed by atoms with Gasteiger partial charge in [0, 0.05) is 26.8 Å². The van der Waals surface area contributed by atoms with E-state index in [4.69, 9.17) is 4.74 Å². The maximum Gasteiger partial charge on any atom is 0.0474 e. The van der Waals surface area contributed by atoms with E-state index in [-0.39, 0.29) is 0 Å². The van der Waals surface area contributed by atoms with Crippen molar-refractivity contribution in [3.8, 4) is 0 Å². The lowest BCUT2D eigenvalue weighted by Gasteiger charge is -2.13. The second kappa shape index (κ2) is 8.08. The first kappa shape index (κ1) is 12.9. The number of rotatable bonds is 7. The van der Waals surface area contributed by atoms with Crippen LogP contribution in [-0.4, -0.2) is 38.8 Å². The molecule has 0 spiro atoms. The molecule has 16 heavy (non-hydrogen) atoms. The first-order valence-electron chi connectivity index (χ1n) is 5.72. The second-order valence-corrected chi connectivity index (χ2v) is 3.92. The highest BCUT2D eigenvalue weighted by molar-refractivity contribution is 5.48. The summed E-state index contributed by atoms with van der Waals surface area (Å²) in [6, 6.07) is 10.4. The van der Waals surface area contributed by atoms with E-state index < -0.39 is 0 Å². The van der Waals surface area contributed by atoms with Gasteiger partial charge in [0.15, 0.2) is 0 Å². The van der Waals surface area contributed by atoms with Crippen LogP contribution in [0.15, 0.2) is 36.4 Å². The van der Waals surface area contributed by atoms with Crippen LogP contribution < -0.4 is 0 Å². The Morgan fingerprint density at radius 2 is 2.00 bits per heavy atom. The molecule has 0 N–H and O–H groups in total. The highest BCUT2D eigenvalue weighted by atomic mass is 16.5. The van der Waals surface area contributed by atoms with E-state index >= 15 is 0 Å². The van der Waals surface area contributed by atoms with Gasteiger partial charge in [-0.05, 0) is 19.0 Å². The lowest BCUT2D eigenvalue weighted by molar-refractivity contribution is 0.182. The van der Waals surface area contributed by atoms with Crippen LogP contribution in [-0.2, 0) is 4.74 Å². The van der Waals surface area contributed by atoms with Crippen LogP contribution in [0.3, 0.4) is 0 Å². The van der Waals surface area contributed by atoms with Crippen molar-refractivity contribution in [2.24, 2.45) is 0 Å². The highest BCUT2D eigenvalue weighted by Gasteiger charge is 1.94. The number of likely N-dealkylation sites (N-methyl/N-ethyl adjacent to an activating group) is 1. The Bertz CT molecular complexity index is 295. The molecule has 0 heterocycles. The maximum absolute atomic E-state index is 5.02. The fraction of sp³-hybridized carbons (Fsp3) is 0.429. The van der Waals surface area contributed by atoms with Crippen LogP contribution in [0.1, 0.15) is 12.0 Å². The van der Waals surface area contributed by atoms with Crippen molar-refractivity contribution < 1.29 is 4.74 Å². The van der Waals surface area contributed by atoms with Gasteiger partial charge in [0.25, 0.3) is 0 Å². The average Bonchev–Trinajstić information content (AvgIpc) is 2.31. The van der Waals surface area contributed by atoms with Crippen LogP contribution in [0.2, 0.25) is 0 Å². The molecule has 0 aliphatic rings. The van der Waals surface area contributed by atoms with Gasteiger partial charge in [0.2, 0.25) is 0 Å². The minimum absolute atomic E-state index is 0.840. The second-order valence-electron chi connectivity index (χ2n) is 3.92. The molecular formula is C14H21NO. The minimum atomic E-state index is 0.840. The summed E-state index contributed by atoms with van der Waals surface area (Å²) in [5.74, 6) is 0. The predicted molar refractivity (Wildman–Crippen MR) is 69.5 cm³/mol. The fourth-order valence-electron chi connectivity index (χ4n) is 1.50. The maximum atomic E-state index is 5.02. The molecule has 0 aliphatic heterocycles. The SMILES string of the molecule is COCCCN(C)C/C=C/c1ccccc1. The van der Waals surface area contributed by atoms with E-state index in [1.54, 1.807) is 7.11 Å². The van der Waals surface area contributed by atoms with Crippen LogP contribution in [0.25, 0.3) is 6.08 Å². The third-order valence-corrected chi connectivity index (χ3v) is 2.42. The summed E-state index contributed by atoms with van der Waals surface area (Å²) in [4.78, 5) is 2.29. The Labute approximate surface area is 98.5 Å². The van der Waals surface area contributed by atoms with Gasteiger partial charge in [-0.3, -0.25) is 0 Å². The molecular weight excluding hydrogens is 198 g/mol. The van der Waals surface area contributed by atoms with E-state index in [1.807, 2.05) is 6.07 Å². The first-order valence-corrected chi connectivity index (χ1v) is 5.72. The summed E-state index contributed by atoms with van der Waals surface area (Å²) >= 11 is 0. The van der Waals surface area contributed by atoms with Gasteiger partial charge >= 0.3 is 0 Å². The normalized spacial score (nSPS) is 11.4. The lowest BCUT2D eigenvalue weighted by atomic mass is 10.2. The zero-order chi connectivity index (χ0) is 11.6. The summed E-state index contributed by atoms with van der Waals surface area (Å²) < 4.78 is 5.02. The van der Waals surface area contributed by atoms with Crippen molar-refractivity contribution in [1.29, 1.82) is 0 Å². The Kier molecular flexibility index (Phi) is 6.54. The van der Waals surface area contributed by atoms with Crippen LogP contribution in [0, 0.1) is 0 Å². The molecule has 0 fully saturated rings. The number of hydrogen-bond acceptors (Lipinski definition) is 2. The van der Waals surface area contributed by atoms with Crippen LogP contribution in [0.5, 0.6) is 0 Å². The Morgan fingerprint density at radius 1 is 1.25 bits per heavy atom. The van der Waals surface area contributed by atoms with Crippen molar-refractivity contribution >= 4 is 6.08 Å². The summed E-state index contributed by atoms with van der Waals surface area (Å²) in [6.45, 7) is 2.90. The van der Waals surface area contributed by atoms with Gasteiger partial charge in [-0.1, -0.05) is 42.5 Å². The Balaban J connectivity index is 2.21. The molecule has 1 aromatic carbocycles. The molecule has 0 unspecified atom stereocenters. The van der Waals surface area contributed by atoms with Crippen LogP contribution in [0.4, 0.5) is 0 Å². The lowest BCUT2D eigenvalue weighted by Crippen LogP contribution is -2.20. The van der Waals surface area contributed by atoms with Gasteiger partial charge in [-0.25, -0.2) is 0 Å². The van der Waals surface area contributed by atoms with Gasteiger partial charge in [0.05, 0.1) is 0 Å². The molecule has 0 aliphatic carbocycles. The standard InChI is InChI=1S/C14H21NO/c1-15(12-7-13-16-2)11-6-10-14-8-4-3-5-9-14/h3-6,8-10H,7,11-13H2,1-2H3/b10-6+. The summed E-state index contributed by atoms with van der Waals surface area (Å²) in [5, 5.41) is 0. The molecule has 2 nitrogen and oxygen atoms in total. The highest BCUT2D eigenvalue weighted by Crippen LogP contribution is 2.01. The number of methoxy groups -OCH3 is 1. The van der Waals surface area contributed by atoms with Crippen molar-refractivity contribution in [3.63, 3.8) is 0 Å². The van der Waals surface area contributed by atoms with Crippen molar-refractivity contribution in [2.75, 3.05) is 33.9 Å². The quantitative estimate of drug-likeness (QED) is 0.654. The van der Waals surface area contributed by atoms with E-state index in [0.717, 1.165) is 26.1 Å². The molecule has 88 valence electrons. The number of ether oxygens (including phenoxy) is 1. The molecule has 0 saturated carbocycles. The Hall–Kier alpha value is -1.12. The van der Waals surface area contributed by atoms with E-state index in [0.29, 0.717) is 0 Å². The fourth-order valence-corrected chi connectivity index (χ4v) is 1.50. The molecule has 1 rings (SSSR count). The molecule has 0 radical (unpaired) electrons. The minimum Gasteiger partial charge on any atom is -0.385 e. The summed E-state index contributed by atoms with van der Waals surface area (Å²) in [6.07, 6.45) is 5.45. The molecule has 0 amide bonds. The smallest absolute Gasteiger partial charge is 0.0474 e. The number of nitrogens with zero attached hydrogens (tertiary/aromatic N) is 1. The molecule has 1 aromatic rings. The van der Waals surface area contributed by atoms with Gasteiger partial charge < -0.3 is 9.64 Å². The molecule has 0 aromatic heterocycles. The molecule has 0 bridgehead atoms. The third-order valence-electron chi connectivity index (χ3n) is 2.42. The van der Waals surface area contributed by atoms with Crippen molar-refractivity contribution in [2.45, 2.75) is 6.42 Å². The van der Waals surface area contributed by atoms with Gasteiger partial charge in [-0.15, -0.1) is 0 Å². The van der Waals surface area contributed by atoms with E-state index in [2.05, 4.69) is 48.4 Å². The van der Waals surface area contributed by atoms with Crippen molar-refractivity contribution in [3.05, 3.63) is 42.0 Å². The van der Waals surface area contributed by atoms with E-state index in [1.165, 1.54) is 5.56 Å². The van der Waals surface area contributed by atoms with Gasteiger partial charge in [0.1, 0.15) is 0 Å². The first-order chi connectivity index (χ1) is 7.83. The number of hydrogen-bond donors (Lipinski definition) is 0. The largest absolute Gasteiger partial charge is 0.385 e.